The van der Waals surface area contributed by atoms with E-state index in [4.69, 9.17) is 19.9 Å². The summed E-state index contributed by atoms with van der Waals surface area (Å²) in [6.07, 6.45) is -0.537. The van der Waals surface area contributed by atoms with Gasteiger partial charge in [-0.3, -0.25) is 4.90 Å². The van der Waals surface area contributed by atoms with Gasteiger partial charge in [-0.25, -0.2) is 4.79 Å². The summed E-state index contributed by atoms with van der Waals surface area (Å²) >= 11 is 0. The number of morpholine rings is 1. The predicted molar refractivity (Wildman–Crippen MR) is 72.5 cm³/mol. The predicted octanol–water partition coefficient (Wildman–Crippen LogP) is 0.770. The maximum Gasteiger partial charge on any atom is 0.410 e. The molecule has 0 aromatic heterocycles. The number of hydrogen-bond donors (Lipinski definition) is 1. The summed E-state index contributed by atoms with van der Waals surface area (Å²) in [5.74, 6) is 0. The highest BCUT2D eigenvalue weighted by atomic mass is 35.5. The third-order valence-corrected chi connectivity index (χ3v) is 3.06. The molecule has 0 aromatic carbocycles. The Morgan fingerprint density at radius 3 is 2.68 bits per heavy atom. The van der Waals surface area contributed by atoms with Crippen LogP contribution in [0.25, 0.3) is 0 Å². The van der Waals surface area contributed by atoms with Gasteiger partial charge in [-0.05, 0) is 20.8 Å². The molecule has 0 saturated carbocycles. The molecule has 3 atom stereocenters. The van der Waals surface area contributed by atoms with E-state index >= 15 is 0 Å². The standard InChI is InChI=1S/C12H22N2O4.ClH/c1-12(2,3)18-11(15)14-5-8(4-13)17-10-7-16-6-9(10)14;/h8-10H,4-7,13H2,1-3H3;1H/t8-,9+,10+;/m1./s1. The lowest BCUT2D eigenvalue weighted by Crippen LogP contribution is -2.58. The van der Waals surface area contributed by atoms with Gasteiger partial charge in [-0.2, -0.15) is 0 Å². The number of fused-ring (bicyclic) bond motifs is 1. The first-order valence-electron chi connectivity index (χ1n) is 6.33. The molecule has 0 spiro atoms. The van der Waals surface area contributed by atoms with Crippen LogP contribution in [0.15, 0.2) is 0 Å². The number of carbonyl (C=O) groups excluding carboxylic acids is 1. The molecule has 2 heterocycles. The molecule has 112 valence electrons. The van der Waals surface area contributed by atoms with Crippen LogP contribution >= 0.6 is 12.4 Å². The van der Waals surface area contributed by atoms with Crippen LogP contribution in [0.4, 0.5) is 4.79 Å². The lowest BCUT2D eigenvalue weighted by molar-refractivity contribution is -0.0970. The molecule has 2 aliphatic heterocycles. The lowest BCUT2D eigenvalue weighted by atomic mass is 10.1. The molecule has 2 N–H and O–H groups in total. The molecule has 0 bridgehead atoms. The quantitative estimate of drug-likeness (QED) is 0.773. The number of hydrogen-bond acceptors (Lipinski definition) is 5. The molecular formula is C12H23ClN2O4. The van der Waals surface area contributed by atoms with Gasteiger partial charge in [0.25, 0.3) is 0 Å². The molecule has 2 rings (SSSR count). The molecule has 1 amide bonds. The van der Waals surface area contributed by atoms with Gasteiger partial charge < -0.3 is 19.9 Å². The zero-order valence-electron chi connectivity index (χ0n) is 11.6. The average molecular weight is 295 g/mol. The fourth-order valence-electron chi connectivity index (χ4n) is 2.25. The summed E-state index contributed by atoms with van der Waals surface area (Å²) in [4.78, 5) is 13.9. The lowest BCUT2D eigenvalue weighted by Gasteiger charge is -2.40. The first-order valence-corrected chi connectivity index (χ1v) is 6.33. The van der Waals surface area contributed by atoms with Gasteiger partial charge in [-0.15, -0.1) is 12.4 Å². The van der Waals surface area contributed by atoms with Crippen molar-refractivity contribution in [3.63, 3.8) is 0 Å². The second-order valence-corrected chi connectivity index (χ2v) is 5.77. The smallest absolute Gasteiger partial charge is 0.410 e. The van der Waals surface area contributed by atoms with Gasteiger partial charge >= 0.3 is 6.09 Å². The van der Waals surface area contributed by atoms with E-state index in [1.165, 1.54) is 0 Å². The first kappa shape index (κ1) is 16.5. The number of ether oxygens (including phenoxy) is 3. The zero-order chi connectivity index (χ0) is 13.3. The monoisotopic (exact) mass is 294 g/mol. The molecule has 2 fully saturated rings. The molecule has 0 radical (unpaired) electrons. The van der Waals surface area contributed by atoms with Crippen molar-refractivity contribution in [3.05, 3.63) is 0 Å². The van der Waals surface area contributed by atoms with Crippen molar-refractivity contribution in [1.29, 1.82) is 0 Å². The van der Waals surface area contributed by atoms with Crippen molar-refractivity contribution < 1.29 is 19.0 Å². The normalized spacial score (nSPS) is 30.5. The van der Waals surface area contributed by atoms with Crippen molar-refractivity contribution in [2.75, 3.05) is 26.3 Å². The molecule has 6 nitrogen and oxygen atoms in total. The van der Waals surface area contributed by atoms with Crippen LogP contribution < -0.4 is 5.73 Å². The Hall–Kier alpha value is -0.560. The number of carbonyl (C=O) groups is 1. The third-order valence-electron chi connectivity index (χ3n) is 3.06. The first-order chi connectivity index (χ1) is 8.40. The van der Waals surface area contributed by atoms with E-state index in [1.54, 1.807) is 4.90 Å². The molecular weight excluding hydrogens is 272 g/mol. The van der Waals surface area contributed by atoms with Gasteiger partial charge in [0.15, 0.2) is 0 Å². The van der Waals surface area contributed by atoms with Crippen LogP contribution in [0.3, 0.4) is 0 Å². The molecule has 0 unspecified atom stereocenters. The molecule has 2 aliphatic rings. The Bertz CT molecular complexity index is 321. The second-order valence-electron chi connectivity index (χ2n) is 5.77. The Morgan fingerprint density at radius 1 is 1.42 bits per heavy atom. The molecule has 0 aromatic rings. The van der Waals surface area contributed by atoms with Crippen molar-refractivity contribution in [2.24, 2.45) is 5.73 Å². The summed E-state index contributed by atoms with van der Waals surface area (Å²) in [7, 11) is 0. The SMILES string of the molecule is CC(C)(C)OC(=O)N1C[C@@H](CN)O[C@H]2COC[C@@H]21.Cl. The van der Waals surface area contributed by atoms with E-state index in [1.807, 2.05) is 20.8 Å². The highest BCUT2D eigenvalue weighted by Crippen LogP contribution is 2.25. The van der Waals surface area contributed by atoms with Gasteiger partial charge in [0.2, 0.25) is 0 Å². The van der Waals surface area contributed by atoms with Gasteiger partial charge in [-0.1, -0.05) is 0 Å². The summed E-state index contributed by atoms with van der Waals surface area (Å²) < 4.78 is 16.6. The Kier molecular flexibility index (Phi) is 5.43. The Labute approximate surface area is 119 Å². The van der Waals surface area contributed by atoms with Crippen LogP contribution in [0.1, 0.15) is 20.8 Å². The summed E-state index contributed by atoms with van der Waals surface area (Å²) in [5, 5.41) is 0. The van der Waals surface area contributed by atoms with Crippen LogP contribution in [-0.2, 0) is 14.2 Å². The highest BCUT2D eigenvalue weighted by molar-refractivity contribution is 5.85. The van der Waals surface area contributed by atoms with E-state index in [9.17, 15) is 4.79 Å². The third kappa shape index (κ3) is 3.95. The van der Waals surface area contributed by atoms with Crippen LogP contribution in [0.2, 0.25) is 0 Å². The molecule has 19 heavy (non-hydrogen) atoms. The van der Waals surface area contributed by atoms with Gasteiger partial charge in [0, 0.05) is 6.54 Å². The van der Waals surface area contributed by atoms with E-state index in [0.29, 0.717) is 26.3 Å². The van der Waals surface area contributed by atoms with Crippen LogP contribution in [0, 0.1) is 0 Å². The van der Waals surface area contributed by atoms with E-state index in [-0.39, 0.29) is 36.8 Å². The fraction of sp³-hybridized carbons (Fsp3) is 0.917. The van der Waals surface area contributed by atoms with Gasteiger partial charge in [0.1, 0.15) is 11.7 Å². The second kappa shape index (κ2) is 6.26. The van der Waals surface area contributed by atoms with E-state index < -0.39 is 5.60 Å². The van der Waals surface area contributed by atoms with Crippen molar-refractivity contribution in [2.45, 2.75) is 44.6 Å². The highest BCUT2D eigenvalue weighted by Gasteiger charge is 2.43. The van der Waals surface area contributed by atoms with Crippen molar-refractivity contribution in [1.82, 2.24) is 4.90 Å². The Balaban J connectivity index is 0.00000180. The molecule has 0 aliphatic carbocycles. The number of nitrogens with zero attached hydrogens (tertiary/aromatic N) is 1. The number of amides is 1. The Morgan fingerprint density at radius 2 is 2.11 bits per heavy atom. The minimum absolute atomic E-state index is 0. The van der Waals surface area contributed by atoms with E-state index in [0.717, 1.165) is 0 Å². The summed E-state index contributed by atoms with van der Waals surface area (Å²) in [6, 6.07) is -0.0531. The minimum Gasteiger partial charge on any atom is -0.444 e. The van der Waals surface area contributed by atoms with Crippen molar-refractivity contribution in [3.8, 4) is 0 Å². The zero-order valence-corrected chi connectivity index (χ0v) is 12.4. The largest absolute Gasteiger partial charge is 0.444 e. The van der Waals surface area contributed by atoms with Crippen LogP contribution in [-0.4, -0.2) is 61.1 Å². The van der Waals surface area contributed by atoms with Crippen molar-refractivity contribution >= 4 is 18.5 Å². The average Bonchev–Trinajstić information content (AvgIpc) is 2.72. The fourth-order valence-corrected chi connectivity index (χ4v) is 2.25. The maximum atomic E-state index is 12.2. The number of halogens is 1. The van der Waals surface area contributed by atoms with E-state index in [2.05, 4.69) is 0 Å². The number of rotatable bonds is 1. The topological polar surface area (TPSA) is 74.0 Å². The van der Waals surface area contributed by atoms with Crippen LogP contribution in [0.5, 0.6) is 0 Å². The number of nitrogens with two attached hydrogens (primary N) is 1. The summed E-state index contributed by atoms with van der Waals surface area (Å²) in [6.45, 7) is 7.44. The maximum absolute atomic E-state index is 12.2. The van der Waals surface area contributed by atoms with Gasteiger partial charge in [0.05, 0.1) is 31.9 Å². The molecule has 2 saturated heterocycles. The minimum atomic E-state index is -0.497. The summed E-state index contributed by atoms with van der Waals surface area (Å²) in [5.41, 5.74) is 5.13. The molecule has 7 heteroatoms.